The molecule has 5 aromatic carbocycles. The van der Waals surface area contributed by atoms with Crippen LogP contribution in [0.2, 0.25) is 0 Å². The van der Waals surface area contributed by atoms with Crippen LogP contribution in [0.3, 0.4) is 0 Å². The Bertz CT molecular complexity index is 3040. The Hall–Kier alpha value is -7.37. The van der Waals surface area contributed by atoms with Gasteiger partial charge in [-0.3, -0.25) is 15.0 Å². The van der Waals surface area contributed by atoms with Gasteiger partial charge in [0.1, 0.15) is 0 Å². The van der Waals surface area contributed by atoms with Crippen LogP contribution in [0.15, 0.2) is 182 Å². The van der Waals surface area contributed by atoms with Gasteiger partial charge >= 0.3 is 0 Å². The molecule has 1 aliphatic carbocycles. The average Bonchev–Trinajstić information content (AvgIpc) is 3.79. The van der Waals surface area contributed by atoms with Crippen LogP contribution in [0.25, 0.3) is 89.5 Å². The van der Waals surface area contributed by atoms with Crippen LogP contribution in [-0.2, 0) is 6.42 Å². The van der Waals surface area contributed by atoms with Gasteiger partial charge in [-0.25, -0.2) is 0 Å². The first-order chi connectivity index (χ1) is 27.8. The highest BCUT2D eigenvalue weighted by Gasteiger charge is 2.23. The normalized spacial score (nSPS) is 12.6. The third-order valence-electron chi connectivity index (χ3n) is 11.2. The van der Waals surface area contributed by atoms with Crippen molar-refractivity contribution in [2.24, 2.45) is 0 Å². The Kier molecular flexibility index (Phi) is 7.56. The van der Waals surface area contributed by atoms with E-state index in [1.165, 1.54) is 49.9 Å². The minimum atomic E-state index is 0.927. The molecule has 0 N–H and O–H groups in total. The monoisotopic (exact) mass is 717 g/mol. The first-order valence-corrected chi connectivity index (χ1v) is 19.1. The minimum absolute atomic E-state index is 0.927. The van der Waals surface area contributed by atoms with Gasteiger partial charge in [0.25, 0.3) is 0 Å². The van der Waals surface area contributed by atoms with E-state index in [0.717, 1.165) is 63.2 Å². The van der Waals surface area contributed by atoms with Gasteiger partial charge in [-0.2, -0.15) is 0 Å². The zero-order valence-corrected chi connectivity index (χ0v) is 30.5. The summed E-state index contributed by atoms with van der Waals surface area (Å²) in [5.74, 6) is 0. The molecular weight excluding hydrogens is 683 g/mol. The number of para-hydroxylation sites is 2. The zero-order chi connectivity index (χ0) is 37.0. The largest absolute Gasteiger partial charge is 0.309 e. The molecular formula is C51H35N5. The highest BCUT2D eigenvalue weighted by molar-refractivity contribution is 6.10. The number of fused-ring (bicyclic) bond motifs is 6. The SMILES string of the molecule is C1=C(c2ccc3c4ccccc4n(-c4ccccc4)c3c2)CCc2c1n(-c1ccc(-c3cc(-c4ccccn4)cc(-c4ccccn4)c3)cc1)c1cccnc21. The fraction of sp³-hybridized carbons (Fsp3) is 0.0392. The van der Waals surface area contributed by atoms with Crippen LogP contribution < -0.4 is 0 Å². The third kappa shape index (κ3) is 5.36. The highest BCUT2D eigenvalue weighted by Crippen LogP contribution is 2.40. The highest BCUT2D eigenvalue weighted by atomic mass is 15.0. The molecule has 5 heteroatoms. The van der Waals surface area contributed by atoms with Crippen molar-refractivity contribution in [3.8, 4) is 45.0 Å². The van der Waals surface area contributed by atoms with Crippen molar-refractivity contribution in [1.29, 1.82) is 0 Å². The van der Waals surface area contributed by atoms with Crippen LogP contribution in [-0.4, -0.2) is 24.1 Å². The lowest BCUT2D eigenvalue weighted by molar-refractivity contribution is 0.979. The van der Waals surface area contributed by atoms with Gasteiger partial charge in [0.05, 0.1) is 39.1 Å². The third-order valence-corrected chi connectivity index (χ3v) is 11.2. The van der Waals surface area contributed by atoms with Gasteiger partial charge in [0.2, 0.25) is 0 Å². The number of hydrogen-bond donors (Lipinski definition) is 0. The summed E-state index contributed by atoms with van der Waals surface area (Å²) in [6, 6.07) is 58.3. The molecule has 5 heterocycles. The van der Waals surface area contributed by atoms with E-state index in [2.05, 4.69) is 159 Å². The van der Waals surface area contributed by atoms with Gasteiger partial charge in [-0.1, -0.05) is 72.8 Å². The van der Waals surface area contributed by atoms with E-state index >= 15 is 0 Å². The molecule has 0 amide bonds. The van der Waals surface area contributed by atoms with E-state index in [1.54, 1.807) is 0 Å². The molecule has 0 unspecified atom stereocenters. The van der Waals surface area contributed by atoms with Crippen LogP contribution in [0, 0.1) is 0 Å². The lowest BCUT2D eigenvalue weighted by Crippen LogP contribution is -2.03. The quantitative estimate of drug-likeness (QED) is 0.172. The van der Waals surface area contributed by atoms with E-state index < -0.39 is 0 Å². The number of benzene rings is 5. The summed E-state index contributed by atoms with van der Waals surface area (Å²) in [5.41, 5.74) is 18.2. The standard InChI is InChI=1S/C51H35N5/c1-2-11-40(12-3-1)55-47-16-5-4-13-42(47)43-24-20-35(32-49(43)55)36-21-25-44-50(33-36)56(48-17-10-28-54-51(44)48)41-22-18-34(19-23-41)37-29-38(45-14-6-8-26-52-45)31-39(30-37)46-15-7-9-27-53-46/h1-20,22-24,26-33H,21,25H2. The lowest BCUT2D eigenvalue weighted by atomic mass is 9.91. The maximum Gasteiger partial charge on any atom is 0.0923 e. The second kappa shape index (κ2) is 13.2. The molecule has 0 atom stereocenters. The fourth-order valence-corrected chi connectivity index (χ4v) is 8.58. The van der Waals surface area contributed by atoms with Crippen molar-refractivity contribution in [2.75, 3.05) is 0 Å². The molecule has 0 fully saturated rings. The van der Waals surface area contributed by atoms with Gasteiger partial charge in [0, 0.05) is 57.4 Å². The molecule has 1 aliphatic rings. The summed E-state index contributed by atoms with van der Waals surface area (Å²) in [6.07, 6.45) is 9.88. The maximum absolute atomic E-state index is 4.93. The average molecular weight is 718 g/mol. The first kappa shape index (κ1) is 32.1. The first-order valence-electron chi connectivity index (χ1n) is 19.1. The van der Waals surface area contributed by atoms with E-state index in [0.29, 0.717) is 0 Å². The number of allylic oxidation sites excluding steroid dienone is 1. The number of pyridine rings is 3. The predicted octanol–water partition coefficient (Wildman–Crippen LogP) is 12.4. The molecule has 0 bridgehead atoms. The summed E-state index contributed by atoms with van der Waals surface area (Å²) in [5, 5.41) is 2.53. The summed E-state index contributed by atoms with van der Waals surface area (Å²) in [7, 11) is 0. The van der Waals surface area contributed by atoms with E-state index in [1.807, 2.05) is 48.9 Å². The van der Waals surface area contributed by atoms with Crippen molar-refractivity contribution in [3.63, 3.8) is 0 Å². The van der Waals surface area contributed by atoms with Gasteiger partial charge in [-0.15, -0.1) is 0 Å². The van der Waals surface area contributed by atoms with Crippen molar-refractivity contribution in [2.45, 2.75) is 12.8 Å². The van der Waals surface area contributed by atoms with Crippen LogP contribution in [0.4, 0.5) is 0 Å². The number of nitrogens with zero attached hydrogens (tertiary/aromatic N) is 5. The molecule has 0 spiro atoms. The molecule has 56 heavy (non-hydrogen) atoms. The van der Waals surface area contributed by atoms with E-state index in [4.69, 9.17) is 4.98 Å². The topological polar surface area (TPSA) is 48.5 Å². The Morgan fingerprint density at radius 2 is 1.02 bits per heavy atom. The molecule has 11 rings (SSSR count). The Balaban J connectivity index is 1.03. The number of hydrogen-bond acceptors (Lipinski definition) is 3. The van der Waals surface area contributed by atoms with E-state index in [-0.39, 0.29) is 0 Å². The van der Waals surface area contributed by atoms with E-state index in [9.17, 15) is 0 Å². The maximum atomic E-state index is 4.93. The summed E-state index contributed by atoms with van der Waals surface area (Å²) in [4.78, 5) is 14.3. The van der Waals surface area contributed by atoms with Crippen LogP contribution in [0.1, 0.15) is 23.2 Å². The fourth-order valence-electron chi connectivity index (χ4n) is 8.58. The number of aryl methyl sites for hydroxylation is 1. The van der Waals surface area contributed by atoms with Crippen molar-refractivity contribution in [3.05, 3.63) is 199 Å². The smallest absolute Gasteiger partial charge is 0.0923 e. The molecule has 0 radical (unpaired) electrons. The van der Waals surface area contributed by atoms with Crippen molar-refractivity contribution < 1.29 is 0 Å². The summed E-state index contributed by atoms with van der Waals surface area (Å²) in [6.45, 7) is 0. The molecule has 10 aromatic rings. The zero-order valence-electron chi connectivity index (χ0n) is 30.5. The summed E-state index contributed by atoms with van der Waals surface area (Å²) < 4.78 is 4.79. The van der Waals surface area contributed by atoms with Crippen LogP contribution in [0.5, 0.6) is 0 Å². The molecule has 264 valence electrons. The van der Waals surface area contributed by atoms with Crippen molar-refractivity contribution in [1.82, 2.24) is 24.1 Å². The van der Waals surface area contributed by atoms with Gasteiger partial charge in [0.15, 0.2) is 0 Å². The van der Waals surface area contributed by atoms with Gasteiger partial charge in [-0.05, 0) is 132 Å². The molecule has 5 aromatic heterocycles. The lowest BCUT2D eigenvalue weighted by Gasteiger charge is -2.18. The number of rotatable bonds is 6. The van der Waals surface area contributed by atoms with Crippen LogP contribution >= 0.6 is 0 Å². The minimum Gasteiger partial charge on any atom is -0.309 e. The van der Waals surface area contributed by atoms with Crippen molar-refractivity contribution >= 4 is 44.5 Å². The Labute approximate surface area is 324 Å². The number of aromatic nitrogens is 5. The summed E-state index contributed by atoms with van der Waals surface area (Å²) >= 11 is 0. The second-order valence-electron chi connectivity index (χ2n) is 14.4. The predicted molar refractivity (Wildman–Crippen MR) is 230 cm³/mol. The molecule has 5 nitrogen and oxygen atoms in total. The van der Waals surface area contributed by atoms with Gasteiger partial charge < -0.3 is 9.13 Å². The Morgan fingerprint density at radius 3 is 1.77 bits per heavy atom. The molecule has 0 saturated carbocycles. The molecule has 0 saturated heterocycles. The Morgan fingerprint density at radius 1 is 0.393 bits per heavy atom. The second-order valence-corrected chi connectivity index (χ2v) is 14.4. The molecule has 0 aliphatic heterocycles.